The van der Waals surface area contributed by atoms with Crippen molar-refractivity contribution in [3.8, 4) is 5.75 Å². The van der Waals surface area contributed by atoms with Gasteiger partial charge in [-0.25, -0.2) is 0 Å². The maximum absolute atomic E-state index is 12.2. The fourth-order valence-corrected chi connectivity index (χ4v) is 1.97. The monoisotopic (exact) mass is 318 g/mol. The minimum absolute atomic E-state index is 0.107. The molecule has 0 aliphatic rings. The number of alkyl halides is 3. The van der Waals surface area contributed by atoms with Gasteiger partial charge < -0.3 is 5.11 Å². The fraction of sp³-hybridized carbons (Fsp3) is 0.143. The zero-order valence-corrected chi connectivity index (χ0v) is 9.16. The first-order chi connectivity index (χ1) is 5.82. The molecule has 1 nitrogen and oxygen atoms in total. The van der Waals surface area contributed by atoms with E-state index in [-0.39, 0.29) is 8.95 Å². The molecule has 72 valence electrons. The number of halogens is 5. The van der Waals surface area contributed by atoms with Crippen LogP contribution in [-0.2, 0) is 6.18 Å². The molecule has 0 fully saturated rings. The van der Waals surface area contributed by atoms with E-state index in [1.54, 1.807) is 0 Å². The summed E-state index contributed by atoms with van der Waals surface area (Å²) in [6, 6.07) is 1.81. The zero-order chi connectivity index (χ0) is 10.2. The highest BCUT2D eigenvalue weighted by Gasteiger charge is 2.33. The van der Waals surface area contributed by atoms with Gasteiger partial charge in [0.05, 0.1) is 10.0 Å². The number of aromatic hydroxyl groups is 1. The summed E-state index contributed by atoms with van der Waals surface area (Å²) in [5.74, 6) is -0.435. The third-order valence-electron chi connectivity index (χ3n) is 1.34. The minimum atomic E-state index is -4.46. The third-order valence-corrected chi connectivity index (χ3v) is 2.63. The van der Waals surface area contributed by atoms with Crippen molar-refractivity contribution in [2.45, 2.75) is 6.18 Å². The molecule has 0 saturated heterocycles. The summed E-state index contributed by atoms with van der Waals surface area (Å²) in [5.41, 5.74) is -0.895. The van der Waals surface area contributed by atoms with Crippen molar-refractivity contribution in [2.24, 2.45) is 0 Å². The van der Waals surface area contributed by atoms with E-state index in [1.807, 2.05) is 0 Å². The summed E-state index contributed by atoms with van der Waals surface area (Å²) in [6.07, 6.45) is -4.46. The quantitative estimate of drug-likeness (QED) is 0.768. The standard InChI is InChI=1S/C7H3Br2F3O/c8-4-2-5(9)6(13)1-3(4)7(10,11)12/h1-2,13H. The predicted octanol–water partition coefficient (Wildman–Crippen LogP) is 3.94. The van der Waals surface area contributed by atoms with E-state index >= 15 is 0 Å². The van der Waals surface area contributed by atoms with Crippen molar-refractivity contribution in [1.82, 2.24) is 0 Å². The number of rotatable bonds is 0. The van der Waals surface area contributed by atoms with Gasteiger partial charge in [-0.15, -0.1) is 0 Å². The van der Waals surface area contributed by atoms with Gasteiger partial charge >= 0.3 is 6.18 Å². The van der Waals surface area contributed by atoms with Gasteiger partial charge in [-0.1, -0.05) is 15.9 Å². The number of phenols is 1. The molecule has 0 saturated carbocycles. The van der Waals surface area contributed by atoms with Crippen molar-refractivity contribution in [1.29, 1.82) is 0 Å². The molecular weight excluding hydrogens is 317 g/mol. The summed E-state index contributed by atoms with van der Waals surface area (Å²) in [4.78, 5) is 0. The molecular formula is C7H3Br2F3O. The van der Waals surface area contributed by atoms with Gasteiger partial charge in [-0.05, 0) is 28.1 Å². The van der Waals surface area contributed by atoms with Crippen LogP contribution < -0.4 is 0 Å². The average Bonchev–Trinajstić information content (AvgIpc) is 1.94. The van der Waals surface area contributed by atoms with Crippen LogP contribution in [0.3, 0.4) is 0 Å². The number of phenolic OH excluding ortho intramolecular Hbond substituents is 1. The Hall–Kier alpha value is -0.230. The summed E-state index contributed by atoms with van der Waals surface area (Å²) in [5, 5.41) is 9.02. The highest BCUT2D eigenvalue weighted by molar-refractivity contribution is 9.11. The molecule has 6 heteroatoms. The minimum Gasteiger partial charge on any atom is -0.507 e. The van der Waals surface area contributed by atoms with Gasteiger partial charge in [0, 0.05) is 4.47 Å². The molecule has 1 aromatic rings. The van der Waals surface area contributed by atoms with E-state index in [4.69, 9.17) is 5.11 Å². The average molecular weight is 320 g/mol. The highest BCUT2D eigenvalue weighted by Crippen LogP contribution is 2.39. The van der Waals surface area contributed by atoms with Gasteiger partial charge in [-0.3, -0.25) is 0 Å². The lowest BCUT2D eigenvalue weighted by atomic mass is 10.2. The molecule has 0 spiro atoms. The molecule has 0 bridgehead atoms. The van der Waals surface area contributed by atoms with Crippen LogP contribution >= 0.6 is 31.9 Å². The normalized spacial score (nSPS) is 11.8. The third kappa shape index (κ3) is 2.37. The van der Waals surface area contributed by atoms with Gasteiger partial charge in [-0.2, -0.15) is 13.2 Å². The highest BCUT2D eigenvalue weighted by atomic mass is 79.9. The van der Waals surface area contributed by atoms with Crippen LogP contribution in [-0.4, -0.2) is 5.11 Å². The molecule has 0 aliphatic heterocycles. The molecule has 0 heterocycles. The van der Waals surface area contributed by atoms with Crippen molar-refractivity contribution in [3.63, 3.8) is 0 Å². The van der Waals surface area contributed by atoms with E-state index in [2.05, 4.69) is 31.9 Å². The van der Waals surface area contributed by atoms with E-state index in [1.165, 1.54) is 0 Å². The number of hydrogen-bond acceptors (Lipinski definition) is 1. The Bertz CT molecular complexity index is 335. The summed E-state index contributed by atoms with van der Waals surface area (Å²) in [6.45, 7) is 0. The van der Waals surface area contributed by atoms with E-state index in [0.29, 0.717) is 6.07 Å². The lowest BCUT2D eigenvalue weighted by Crippen LogP contribution is -2.05. The molecule has 0 atom stereocenters. The van der Waals surface area contributed by atoms with Crippen molar-refractivity contribution < 1.29 is 18.3 Å². The number of benzene rings is 1. The molecule has 1 rings (SSSR count). The molecule has 0 radical (unpaired) electrons. The van der Waals surface area contributed by atoms with Crippen LogP contribution in [0.5, 0.6) is 5.75 Å². The predicted molar refractivity (Wildman–Crippen MR) is 48.5 cm³/mol. The van der Waals surface area contributed by atoms with Crippen LogP contribution in [0.15, 0.2) is 21.1 Å². The molecule has 1 N–H and O–H groups in total. The molecule has 0 aromatic heterocycles. The van der Waals surface area contributed by atoms with Crippen LogP contribution in [0.25, 0.3) is 0 Å². The second kappa shape index (κ2) is 3.49. The van der Waals surface area contributed by atoms with Gasteiger partial charge in [0.15, 0.2) is 0 Å². The SMILES string of the molecule is Oc1cc(C(F)(F)F)c(Br)cc1Br. The lowest BCUT2D eigenvalue weighted by Gasteiger charge is -2.09. The molecule has 1 aromatic carbocycles. The van der Waals surface area contributed by atoms with Crippen molar-refractivity contribution >= 4 is 31.9 Å². The molecule has 0 aliphatic carbocycles. The zero-order valence-electron chi connectivity index (χ0n) is 5.99. The number of hydrogen-bond donors (Lipinski definition) is 1. The summed E-state index contributed by atoms with van der Waals surface area (Å²) < 4.78 is 36.7. The topological polar surface area (TPSA) is 20.2 Å². The summed E-state index contributed by atoms with van der Waals surface area (Å²) in [7, 11) is 0. The van der Waals surface area contributed by atoms with Crippen molar-refractivity contribution in [3.05, 3.63) is 26.6 Å². The first-order valence-corrected chi connectivity index (χ1v) is 4.66. The van der Waals surface area contributed by atoms with Crippen LogP contribution in [0.1, 0.15) is 5.56 Å². The summed E-state index contributed by atoms with van der Waals surface area (Å²) >= 11 is 5.66. The molecule has 0 amide bonds. The molecule has 0 unspecified atom stereocenters. The lowest BCUT2D eigenvalue weighted by molar-refractivity contribution is -0.138. The Balaban J connectivity index is 3.32. The smallest absolute Gasteiger partial charge is 0.417 e. The van der Waals surface area contributed by atoms with Crippen LogP contribution in [0, 0.1) is 0 Å². The van der Waals surface area contributed by atoms with E-state index in [0.717, 1.165) is 6.07 Å². The van der Waals surface area contributed by atoms with Gasteiger partial charge in [0.25, 0.3) is 0 Å². The second-order valence-corrected chi connectivity index (χ2v) is 3.99. The first-order valence-electron chi connectivity index (χ1n) is 3.07. The molecule has 13 heavy (non-hydrogen) atoms. The Morgan fingerprint density at radius 3 is 2.08 bits per heavy atom. The largest absolute Gasteiger partial charge is 0.507 e. The van der Waals surface area contributed by atoms with E-state index in [9.17, 15) is 13.2 Å². The fourth-order valence-electron chi connectivity index (χ4n) is 0.755. The first kappa shape index (κ1) is 10.8. The Labute approximate surface area is 88.8 Å². The Kier molecular flexibility index (Phi) is 2.91. The van der Waals surface area contributed by atoms with Crippen LogP contribution in [0.4, 0.5) is 13.2 Å². The van der Waals surface area contributed by atoms with Crippen molar-refractivity contribution in [2.75, 3.05) is 0 Å². The Morgan fingerprint density at radius 1 is 1.08 bits per heavy atom. The van der Waals surface area contributed by atoms with E-state index < -0.39 is 17.5 Å². The van der Waals surface area contributed by atoms with Crippen LogP contribution in [0.2, 0.25) is 0 Å². The maximum Gasteiger partial charge on any atom is 0.417 e. The Morgan fingerprint density at radius 2 is 1.62 bits per heavy atom. The second-order valence-electron chi connectivity index (χ2n) is 2.28. The maximum atomic E-state index is 12.2. The van der Waals surface area contributed by atoms with Gasteiger partial charge in [0.2, 0.25) is 0 Å². The van der Waals surface area contributed by atoms with Gasteiger partial charge in [0.1, 0.15) is 5.75 Å².